The first-order valence-electron chi connectivity index (χ1n) is 9.01. The van der Waals surface area contributed by atoms with Gasteiger partial charge in [-0.05, 0) is 31.5 Å². The van der Waals surface area contributed by atoms with E-state index in [0.717, 1.165) is 16.5 Å². The number of carbonyl (C=O) groups excluding carboxylic acids is 2. The van der Waals surface area contributed by atoms with E-state index in [1.807, 2.05) is 79.1 Å². The van der Waals surface area contributed by atoms with E-state index in [-0.39, 0.29) is 18.5 Å². The number of ether oxygens (including phenoxy) is 1. The van der Waals surface area contributed by atoms with Crippen LogP contribution in [0, 0.1) is 0 Å². The maximum Gasteiger partial charge on any atom is 0.325 e. The van der Waals surface area contributed by atoms with Crippen LogP contribution < -0.4 is 0 Å². The molecule has 0 saturated heterocycles. The Morgan fingerprint density at radius 2 is 1.70 bits per heavy atom. The zero-order chi connectivity index (χ0) is 19.4. The molecule has 3 aromatic rings. The molecule has 0 aliphatic rings. The second kappa shape index (κ2) is 8.08. The Labute approximate surface area is 159 Å². The molecule has 1 heterocycles. The second-order valence-electron chi connectivity index (χ2n) is 6.76. The lowest BCUT2D eigenvalue weighted by molar-refractivity contribution is -0.141. The fourth-order valence-corrected chi connectivity index (χ4v) is 3.16. The average Bonchev–Trinajstić information content (AvgIpc) is 3.04. The van der Waals surface area contributed by atoms with E-state index in [0.29, 0.717) is 12.2 Å². The molecule has 0 bridgehead atoms. The largest absolute Gasteiger partial charge is 0.468 e. The van der Waals surface area contributed by atoms with E-state index in [1.54, 1.807) is 4.90 Å². The van der Waals surface area contributed by atoms with E-state index in [4.69, 9.17) is 4.74 Å². The molecule has 3 rings (SSSR count). The number of fused-ring (bicyclic) bond motifs is 1. The summed E-state index contributed by atoms with van der Waals surface area (Å²) >= 11 is 0. The Bertz CT molecular complexity index is 945. The molecule has 27 heavy (non-hydrogen) atoms. The summed E-state index contributed by atoms with van der Waals surface area (Å²) < 4.78 is 6.78. The van der Waals surface area contributed by atoms with Crippen molar-refractivity contribution in [3.05, 3.63) is 71.9 Å². The van der Waals surface area contributed by atoms with Gasteiger partial charge in [-0.25, -0.2) is 0 Å². The number of methoxy groups -OCH3 is 1. The molecular formula is C22H24N2O3. The summed E-state index contributed by atoms with van der Waals surface area (Å²) in [5, 5.41) is 0.999. The molecule has 0 spiro atoms. The van der Waals surface area contributed by atoms with Crippen LogP contribution in [0.25, 0.3) is 10.9 Å². The topological polar surface area (TPSA) is 51.5 Å². The summed E-state index contributed by atoms with van der Waals surface area (Å²) in [5.74, 6) is -0.606. The molecule has 1 amide bonds. The molecule has 5 heteroatoms. The highest BCUT2D eigenvalue weighted by Crippen LogP contribution is 2.23. The molecule has 2 aromatic carbocycles. The summed E-state index contributed by atoms with van der Waals surface area (Å²) in [6.45, 7) is 4.30. The summed E-state index contributed by atoms with van der Waals surface area (Å²) in [6.07, 6.45) is 0. The van der Waals surface area contributed by atoms with Gasteiger partial charge in [0.05, 0.1) is 7.11 Å². The van der Waals surface area contributed by atoms with Gasteiger partial charge in [-0.2, -0.15) is 0 Å². The lowest BCUT2D eigenvalue weighted by Crippen LogP contribution is -2.41. The van der Waals surface area contributed by atoms with Crippen molar-refractivity contribution < 1.29 is 14.3 Å². The normalized spacial score (nSPS) is 11.0. The lowest BCUT2D eigenvalue weighted by Gasteiger charge is -2.26. The van der Waals surface area contributed by atoms with Crippen LogP contribution in [0.1, 0.15) is 29.9 Å². The number of benzene rings is 2. The monoisotopic (exact) mass is 364 g/mol. The first-order valence-corrected chi connectivity index (χ1v) is 9.01. The highest BCUT2D eigenvalue weighted by molar-refractivity contribution is 6.00. The van der Waals surface area contributed by atoms with Crippen molar-refractivity contribution in [2.45, 2.75) is 26.4 Å². The molecule has 0 radical (unpaired) electrons. The van der Waals surface area contributed by atoms with Crippen LogP contribution in [-0.2, 0) is 16.1 Å². The summed E-state index contributed by atoms with van der Waals surface area (Å²) in [7, 11) is 1.33. The molecule has 0 fully saturated rings. The molecule has 0 aliphatic heterocycles. The van der Waals surface area contributed by atoms with Crippen LogP contribution in [0.5, 0.6) is 0 Å². The molecular weight excluding hydrogens is 340 g/mol. The maximum atomic E-state index is 13.3. The van der Waals surface area contributed by atoms with Crippen LogP contribution in [0.2, 0.25) is 0 Å². The third-order valence-corrected chi connectivity index (χ3v) is 4.62. The van der Waals surface area contributed by atoms with Gasteiger partial charge in [0.25, 0.3) is 5.91 Å². The predicted octanol–water partition coefficient (Wildman–Crippen LogP) is 3.71. The quantitative estimate of drug-likeness (QED) is 0.627. The van der Waals surface area contributed by atoms with Gasteiger partial charge in [0.1, 0.15) is 12.2 Å². The van der Waals surface area contributed by atoms with Gasteiger partial charge in [0, 0.05) is 23.5 Å². The molecule has 5 nitrogen and oxygen atoms in total. The third kappa shape index (κ3) is 4.03. The van der Waals surface area contributed by atoms with Crippen molar-refractivity contribution in [2.24, 2.45) is 0 Å². The summed E-state index contributed by atoms with van der Waals surface area (Å²) in [5.41, 5.74) is 2.67. The van der Waals surface area contributed by atoms with E-state index < -0.39 is 5.97 Å². The van der Waals surface area contributed by atoms with Crippen molar-refractivity contribution in [3.63, 3.8) is 0 Å². The molecule has 0 saturated carbocycles. The van der Waals surface area contributed by atoms with Crippen LogP contribution in [0.4, 0.5) is 0 Å². The number of hydrogen-bond donors (Lipinski definition) is 0. The fourth-order valence-electron chi connectivity index (χ4n) is 3.16. The number of para-hydroxylation sites is 1. The predicted molar refractivity (Wildman–Crippen MR) is 106 cm³/mol. The van der Waals surface area contributed by atoms with Crippen LogP contribution in [0.15, 0.2) is 60.7 Å². The number of rotatable bonds is 6. The van der Waals surface area contributed by atoms with E-state index in [2.05, 4.69) is 0 Å². The number of amides is 1. The summed E-state index contributed by atoms with van der Waals surface area (Å²) in [4.78, 5) is 26.6. The zero-order valence-corrected chi connectivity index (χ0v) is 15.9. The van der Waals surface area contributed by atoms with Gasteiger partial charge in [-0.1, -0.05) is 48.5 Å². The summed E-state index contributed by atoms with van der Waals surface area (Å²) in [6, 6.07) is 19.7. The first-order chi connectivity index (χ1) is 13.0. The minimum atomic E-state index is -0.428. The number of aromatic nitrogens is 1. The van der Waals surface area contributed by atoms with Gasteiger partial charge < -0.3 is 14.2 Å². The van der Waals surface area contributed by atoms with Gasteiger partial charge in [-0.15, -0.1) is 0 Å². The number of carbonyl (C=O) groups is 2. The highest BCUT2D eigenvalue weighted by atomic mass is 16.5. The number of hydrogen-bond acceptors (Lipinski definition) is 3. The van der Waals surface area contributed by atoms with Crippen molar-refractivity contribution in [3.8, 4) is 0 Å². The van der Waals surface area contributed by atoms with Crippen molar-refractivity contribution in [1.82, 2.24) is 9.47 Å². The minimum absolute atomic E-state index is 0.0696. The van der Waals surface area contributed by atoms with Crippen molar-refractivity contribution in [1.29, 1.82) is 0 Å². The maximum absolute atomic E-state index is 13.3. The smallest absolute Gasteiger partial charge is 0.325 e. The zero-order valence-electron chi connectivity index (χ0n) is 15.9. The Morgan fingerprint density at radius 3 is 2.37 bits per heavy atom. The standard InChI is InChI=1S/C22H24N2O3/c1-16(2)23(15-21(25)27-3)22(26)20-13-18-11-7-8-12-19(18)24(20)14-17-9-5-4-6-10-17/h4-13,16H,14-15H2,1-3H3. The Balaban J connectivity index is 2.05. The van der Waals surface area contributed by atoms with E-state index in [1.165, 1.54) is 7.11 Å². The Kier molecular flexibility index (Phi) is 5.60. The number of esters is 1. The third-order valence-electron chi connectivity index (χ3n) is 4.62. The molecule has 140 valence electrons. The first kappa shape index (κ1) is 18.7. The van der Waals surface area contributed by atoms with Gasteiger partial charge in [0.2, 0.25) is 0 Å². The van der Waals surface area contributed by atoms with E-state index >= 15 is 0 Å². The fraction of sp³-hybridized carbons (Fsp3) is 0.273. The average molecular weight is 364 g/mol. The molecule has 0 atom stereocenters. The van der Waals surface area contributed by atoms with Gasteiger partial charge in [0.15, 0.2) is 0 Å². The van der Waals surface area contributed by atoms with Crippen LogP contribution in [-0.4, -0.2) is 41.0 Å². The molecule has 0 unspecified atom stereocenters. The lowest BCUT2D eigenvalue weighted by atomic mass is 10.2. The molecule has 0 N–H and O–H groups in total. The highest BCUT2D eigenvalue weighted by Gasteiger charge is 2.25. The van der Waals surface area contributed by atoms with Crippen LogP contribution in [0.3, 0.4) is 0 Å². The van der Waals surface area contributed by atoms with Gasteiger partial charge in [-0.3, -0.25) is 9.59 Å². The molecule has 1 aromatic heterocycles. The number of nitrogens with zero attached hydrogens (tertiary/aromatic N) is 2. The minimum Gasteiger partial charge on any atom is -0.468 e. The molecule has 0 aliphatic carbocycles. The van der Waals surface area contributed by atoms with Gasteiger partial charge >= 0.3 is 5.97 Å². The van der Waals surface area contributed by atoms with Crippen LogP contribution >= 0.6 is 0 Å². The second-order valence-corrected chi connectivity index (χ2v) is 6.76. The van der Waals surface area contributed by atoms with E-state index in [9.17, 15) is 9.59 Å². The Hall–Kier alpha value is -3.08. The van der Waals surface area contributed by atoms with Crippen molar-refractivity contribution in [2.75, 3.05) is 13.7 Å². The SMILES string of the molecule is COC(=O)CN(C(=O)c1cc2ccccc2n1Cc1ccccc1)C(C)C. The van der Waals surface area contributed by atoms with Crippen molar-refractivity contribution >= 4 is 22.8 Å². The Morgan fingerprint density at radius 1 is 1.04 bits per heavy atom.